The number of rotatable bonds is 5. The van der Waals surface area contributed by atoms with Crippen molar-refractivity contribution >= 4 is 0 Å². The maximum Gasteiger partial charge on any atom is 0.244 e. The van der Waals surface area contributed by atoms with E-state index in [2.05, 4.69) is 58.3 Å². The molecular formula is C16H26N6O. The quantitative estimate of drug-likeness (QED) is 0.880. The van der Waals surface area contributed by atoms with E-state index in [1.54, 1.807) is 0 Å². The molecule has 7 nitrogen and oxygen atoms in total. The van der Waals surface area contributed by atoms with Crippen LogP contribution < -0.4 is 5.32 Å². The predicted molar refractivity (Wildman–Crippen MR) is 86.4 cm³/mol. The van der Waals surface area contributed by atoms with Crippen LogP contribution in [0.3, 0.4) is 0 Å². The fraction of sp³-hybridized carbons (Fsp3) is 0.750. The molecule has 2 N–H and O–H groups in total. The third-order valence-corrected chi connectivity index (χ3v) is 5.01. The van der Waals surface area contributed by atoms with Crippen LogP contribution in [0.5, 0.6) is 0 Å². The van der Waals surface area contributed by atoms with Gasteiger partial charge < -0.3 is 9.84 Å². The van der Waals surface area contributed by atoms with Gasteiger partial charge in [-0.2, -0.15) is 10.1 Å². The normalized spacial score (nSPS) is 26.6. The number of nitrogens with zero attached hydrogens (tertiary/aromatic N) is 4. The SMILES string of the molecule is CC(C)C(NC1CCC(C)C(C)C1)c1nc(-c2ncn[nH]2)no1. The van der Waals surface area contributed by atoms with Gasteiger partial charge in [-0.15, -0.1) is 0 Å². The second kappa shape index (κ2) is 6.78. The molecule has 3 rings (SSSR count). The van der Waals surface area contributed by atoms with Crippen molar-refractivity contribution in [2.24, 2.45) is 17.8 Å². The highest BCUT2D eigenvalue weighted by atomic mass is 16.5. The van der Waals surface area contributed by atoms with Gasteiger partial charge in [0.05, 0.1) is 6.04 Å². The Morgan fingerprint density at radius 1 is 1.26 bits per heavy atom. The van der Waals surface area contributed by atoms with Gasteiger partial charge in [0, 0.05) is 6.04 Å². The van der Waals surface area contributed by atoms with Crippen LogP contribution in [0.15, 0.2) is 10.9 Å². The average Bonchev–Trinajstić information content (AvgIpc) is 3.18. The maximum atomic E-state index is 5.49. The van der Waals surface area contributed by atoms with E-state index in [0.29, 0.717) is 29.5 Å². The minimum atomic E-state index is 0.0600. The summed E-state index contributed by atoms with van der Waals surface area (Å²) in [7, 11) is 0. The van der Waals surface area contributed by atoms with E-state index in [0.717, 1.165) is 11.8 Å². The van der Waals surface area contributed by atoms with Crippen LogP contribution in [0.1, 0.15) is 58.9 Å². The molecule has 1 aliphatic carbocycles. The number of hydrogen-bond acceptors (Lipinski definition) is 6. The molecule has 1 fully saturated rings. The van der Waals surface area contributed by atoms with Gasteiger partial charge in [0.2, 0.25) is 11.7 Å². The summed E-state index contributed by atoms with van der Waals surface area (Å²) < 4.78 is 5.49. The number of H-pyrrole nitrogens is 1. The molecule has 0 bridgehead atoms. The molecule has 0 amide bonds. The highest BCUT2D eigenvalue weighted by Gasteiger charge is 2.30. The lowest BCUT2D eigenvalue weighted by Gasteiger charge is -2.35. The minimum Gasteiger partial charge on any atom is -0.337 e. The predicted octanol–water partition coefficient (Wildman–Crippen LogP) is 2.97. The van der Waals surface area contributed by atoms with Crippen molar-refractivity contribution in [3.8, 4) is 11.6 Å². The molecule has 1 saturated carbocycles. The van der Waals surface area contributed by atoms with Crippen LogP contribution in [0, 0.1) is 17.8 Å². The zero-order valence-electron chi connectivity index (χ0n) is 14.3. The molecular weight excluding hydrogens is 292 g/mol. The average molecular weight is 318 g/mol. The summed E-state index contributed by atoms with van der Waals surface area (Å²) in [5.74, 6) is 3.54. The zero-order chi connectivity index (χ0) is 16.4. The lowest BCUT2D eigenvalue weighted by atomic mass is 9.78. The summed E-state index contributed by atoms with van der Waals surface area (Å²) in [6, 6.07) is 0.569. The van der Waals surface area contributed by atoms with Gasteiger partial charge in [0.15, 0.2) is 5.82 Å². The Bertz CT molecular complexity index is 608. The van der Waals surface area contributed by atoms with Crippen molar-refractivity contribution < 1.29 is 4.52 Å². The largest absolute Gasteiger partial charge is 0.337 e. The summed E-state index contributed by atoms with van der Waals surface area (Å²) in [6.07, 6.45) is 5.12. The van der Waals surface area contributed by atoms with Crippen LogP contribution in [-0.4, -0.2) is 31.4 Å². The van der Waals surface area contributed by atoms with Gasteiger partial charge in [0.25, 0.3) is 0 Å². The first kappa shape index (κ1) is 16.1. The van der Waals surface area contributed by atoms with E-state index >= 15 is 0 Å². The highest BCUT2D eigenvalue weighted by Crippen LogP contribution is 2.32. The Balaban J connectivity index is 1.72. The van der Waals surface area contributed by atoms with Gasteiger partial charge in [0.1, 0.15) is 6.33 Å². The van der Waals surface area contributed by atoms with Crippen LogP contribution in [-0.2, 0) is 0 Å². The van der Waals surface area contributed by atoms with E-state index in [1.165, 1.54) is 25.6 Å². The van der Waals surface area contributed by atoms with Crippen LogP contribution >= 0.6 is 0 Å². The molecule has 4 unspecified atom stereocenters. The van der Waals surface area contributed by atoms with Crippen LogP contribution in [0.4, 0.5) is 0 Å². The van der Waals surface area contributed by atoms with E-state index in [1.807, 2.05) is 0 Å². The Labute approximate surface area is 136 Å². The second-order valence-corrected chi connectivity index (χ2v) is 7.14. The zero-order valence-corrected chi connectivity index (χ0v) is 14.3. The molecule has 1 aliphatic rings. The Hall–Kier alpha value is -1.76. The first-order valence-corrected chi connectivity index (χ1v) is 8.50. The summed E-state index contributed by atoms with van der Waals surface area (Å²) in [4.78, 5) is 8.57. The second-order valence-electron chi connectivity index (χ2n) is 7.14. The van der Waals surface area contributed by atoms with Gasteiger partial charge in [-0.1, -0.05) is 32.9 Å². The standard InChI is InChI=1S/C16H26N6O/c1-9(2)13(19-12-6-5-10(3)11(4)7-12)16-20-15(22-23-16)14-17-8-18-21-14/h8-13,19H,5-7H2,1-4H3,(H,17,18,21). The van der Waals surface area contributed by atoms with Crippen molar-refractivity contribution in [3.05, 3.63) is 12.2 Å². The van der Waals surface area contributed by atoms with E-state index in [4.69, 9.17) is 4.52 Å². The lowest BCUT2D eigenvalue weighted by Crippen LogP contribution is -2.40. The van der Waals surface area contributed by atoms with Crippen molar-refractivity contribution in [1.82, 2.24) is 30.6 Å². The lowest BCUT2D eigenvalue weighted by molar-refractivity contribution is 0.189. The molecule has 2 aromatic rings. The first-order valence-electron chi connectivity index (χ1n) is 8.50. The summed E-state index contributed by atoms with van der Waals surface area (Å²) in [6.45, 7) is 9.04. The number of aromatic amines is 1. The van der Waals surface area contributed by atoms with Gasteiger partial charge >= 0.3 is 0 Å². The molecule has 126 valence electrons. The third-order valence-electron chi connectivity index (χ3n) is 5.01. The van der Waals surface area contributed by atoms with Crippen molar-refractivity contribution in [1.29, 1.82) is 0 Å². The molecule has 0 aliphatic heterocycles. The number of nitrogens with one attached hydrogen (secondary N) is 2. The molecule has 23 heavy (non-hydrogen) atoms. The third kappa shape index (κ3) is 3.60. The number of hydrogen-bond donors (Lipinski definition) is 2. The summed E-state index contributed by atoms with van der Waals surface area (Å²) in [5, 5.41) is 14.3. The topological polar surface area (TPSA) is 92.5 Å². The van der Waals surface area contributed by atoms with Crippen molar-refractivity contribution in [3.63, 3.8) is 0 Å². The fourth-order valence-corrected chi connectivity index (χ4v) is 3.27. The Morgan fingerprint density at radius 3 is 2.74 bits per heavy atom. The van der Waals surface area contributed by atoms with Gasteiger partial charge in [-0.3, -0.25) is 5.10 Å². The number of aromatic nitrogens is 5. The van der Waals surface area contributed by atoms with E-state index in [-0.39, 0.29) is 6.04 Å². The van der Waals surface area contributed by atoms with Crippen LogP contribution in [0.25, 0.3) is 11.6 Å². The first-order chi connectivity index (χ1) is 11.0. The van der Waals surface area contributed by atoms with Crippen molar-refractivity contribution in [2.75, 3.05) is 0 Å². The minimum absolute atomic E-state index is 0.0600. The molecule has 4 atom stereocenters. The van der Waals surface area contributed by atoms with Crippen LogP contribution in [0.2, 0.25) is 0 Å². The molecule has 0 spiro atoms. The monoisotopic (exact) mass is 318 g/mol. The maximum absolute atomic E-state index is 5.49. The van der Waals surface area contributed by atoms with E-state index in [9.17, 15) is 0 Å². The molecule has 0 saturated heterocycles. The van der Waals surface area contributed by atoms with Crippen molar-refractivity contribution in [2.45, 2.75) is 59.0 Å². The molecule has 2 aromatic heterocycles. The van der Waals surface area contributed by atoms with E-state index < -0.39 is 0 Å². The Morgan fingerprint density at radius 2 is 2.09 bits per heavy atom. The fourth-order valence-electron chi connectivity index (χ4n) is 3.27. The highest BCUT2D eigenvalue weighted by molar-refractivity contribution is 5.39. The summed E-state index contributed by atoms with van der Waals surface area (Å²) >= 11 is 0. The summed E-state index contributed by atoms with van der Waals surface area (Å²) in [5.41, 5.74) is 0. The van der Waals surface area contributed by atoms with Gasteiger partial charge in [-0.05, 0) is 37.0 Å². The molecule has 0 aromatic carbocycles. The van der Waals surface area contributed by atoms with Gasteiger partial charge in [-0.25, -0.2) is 4.98 Å². The smallest absolute Gasteiger partial charge is 0.244 e. The Kier molecular flexibility index (Phi) is 4.75. The molecule has 7 heteroatoms. The molecule has 0 radical (unpaired) electrons. The molecule has 2 heterocycles.